The van der Waals surface area contributed by atoms with E-state index >= 15 is 0 Å². The quantitative estimate of drug-likeness (QED) is 0.574. The summed E-state index contributed by atoms with van der Waals surface area (Å²) < 4.78 is 49.3. The Labute approximate surface area is 172 Å². The van der Waals surface area contributed by atoms with Gasteiger partial charge in [0, 0.05) is 16.7 Å². The van der Waals surface area contributed by atoms with E-state index in [1.54, 1.807) is 0 Å². The smallest absolute Gasteiger partial charge is 0.479 e. The maximum atomic E-state index is 13.0. The summed E-state index contributed by atoms with van der Waals surface area (Å²) in [5, 5.41) is 24.4. The van der Waals surface area contributed by atoms with Gasteiger partial charge in [-0.25, -0.2) is 14.5 Å². The predicted molar refractivity (Wildman–Crippen MR) is 96.2 cm³/mol. The van der Waals surface area contributed by atoms with Gasteiger partial charge in [0.1, 0.15) is 29.9 Å². The number of alkyl halides is 3. The van der Waals surface area contributed by atoms with E-state index in [0.29, 0.717) is 5.02 Å². The fraction of sp³-hybridized carbons (Fsp3) is 0.167. The zero-order valence-corrected chi connectivity index (χ0v) is 15.6. The van der Waals surface area contributed by atoms with Crippen molar-refractivity contribution in [1.29, 1.82) is 0 Å². The number of halogens is 4. The number of rotatable bonds is 7. The van der Waals surface area contributed by atoms with E-state index in [1.165, 1.54) is 30.3 Å². The van der Waals surface area contributed by atoms with Crippen molar-refractivity contribution in [3.63, 3.8) is 0 Å². The Morgan fingerprint density at radius 1 is 1.13 bits per heavy atom. The molecule has 12 heteroatoms. The molecule has 8 nitrogen and oxygen atoms in total. The molecule has 0 fully saturated rings. The fourth-order valence-corrected chi connectivity index (χ4v) is 2.70. The van der Waals surface area contributed by atoms with Crippen molar-refractivity contribution in [2.75, 3.05) is 0 Å². The lowest BCUT2D eigenvalue weighted by molar-refractivity contribution is -0.275. The zero-order chi connectivity index (χ0) is 21.9. The molecule has 2 aromatic carbocycles. The standard InChI is InChI=1S/C18H13ClF3N3O5/c19-11-1-3-12(4-2-11)29-13-5-6-14(15(7-13)30-18(20,21)22)17(28,16(26)27)8-25-10-23-9-24-25/h1-7,9-10,28H,8H2,(H,26,27). The van der Waals surface area contributed by atoms with Crippen LogP contribution in [0.5, 0.6) is 17.2 Å². The summed E-state index contributed by atoms with van der Waals surface area (Å²) in [6.45, 7) is -0.714. The summed E-state index contributed by atoms with van der Waals surface area (Å²) in [5.74, 6) is -2.58. The minimum Gasteiger partial charge on any atom is -0.479 e. The zero-order valence-electron chi connectivity index (χ0n) is 14.9. The largest absolute Gasteiger partial charge is 0.573 e. The van der Waals surface area contributed by atoms with Crippen LogP contribution in [0.1, 0.15) is 5.56 Å². The Hall–Kier alpha value is -3.31. The van der Waals surface area contributed by atoms with Gasteiger partial charge in [-0.05, 0) is 36.4 Å². The van der Waals surface area contributed by atoms with Crippen LogP contribution in [0, 0.1) is 0 Å². The number of hydrogen-bond donors (Lipinski definition) is 2. The van der Waals surface area contributed by atoms with Crippen molar-refractivity contribution >= 4 is 17.6 Å². The number of carbonyl (C=O) groups is 1. The van der Waals surface area contributed by atoms with Crippen LogP contribution in [-0.2, 0) is 16.9 Å². The van der Waals surface area contributed by atoms with E-state index in [4.69, 9.17) is 16.3 Å². The molecule has 0 bridgehead atoms. The molecular weight excluding hydrogens is 431 g/mol. The second-order valence-electron chi connectivity index (χ2n) is 6.02. The van der Waals surface area contributed by atoms with Crippen LogP contribution in [0.4, 0.5) is 13.2 Å². The highest BCUT2D eigenvalue weighted by atomic mass is 35.5. The summed E-state index contributed by atoms with van der Waals surface area (Å²) in [6, 6.07) is 8.99. The molecule has 0 radical (unpaired) electrons. The molecule has 0 aliphatic rings. The molecule has 0 saturated carbocycles. The molecule has 0 saturated heterocycles. The number of carboxylic acid groups (broad SMARTS) is 1. The van der Waals surface area contributed by atoms with Crippen molar-refractivity contribution in [2.45, 2.75) is 18.5 Å². The predicted octanol–water partition coefficient (Wildman–Crippen LogP) is 3.59. The Morgan fingerprint density at radius 3 is 2.37 bits per heavy atom. The molecule has 0 amide bonds. The van der Waals surface area contributed by atoms with Crippen LogP contribution < -0.4 is 9.47 Å². The molecule has 3 rings (SSSR count). The molecule has 1 aromatic heterocycles. The van der Waals surface area contributed by atoms with Gasteiger partial charge in [-0.3, -0.25) is 0 Å². The minimum atomic E-state index is -5.15. The SMILES string of the molecule is O=C(O)C(O)(Cn1cncn1)c1ccc(Oc2ccc(Cl)cc2)cc1OC(F)(F)F. The second kappa shape index (κ2) is 8.20. The van der Waals surface area contributed by atoms with Crippen LogP contribution in [0.15, 0.2) is 55.1 Å². The lowest BCUT2D eigenvalue weighted by atomic mass is 9.92. The van der Waals surface area contributed by atoms with Gasteiger partial charge in [0.25, 0.3) is 0 Å². The van der Waals surface area contributed by atoms with Crippen molar-refractivity contribution in [3.8, 4) is 17.2 Å². The van der Waals surface area contributed by atoms with Crippen molar-refractivity contribution in [1.82, 2.24) is 14.8 Å². The maximum absolute atomic E-state index is 13.0. The molecule has 0 aliphatic carbocycles. The summed E-state index contributed by atoms with van der Waals surface area (Å²) in [7, 11) is 0. The summed E-state index contributed by atoms with van der Waals surface area (Å²) in [5.41, 5.74) is -3.45. The summed E-state index contributed by atoms with van der Waals surface area (Å²) in [6.07, 6.45) is -2.96. The van der Waals surface area contributed by atoms with E-state index in [9.17, 15) is 28.2 Å². The highest BCUT2D eigenvalue weighted by molar-refractivity contribution is 6.30. The second-order valence-corrected chi connectivity index (χ2v) is 6.46. The number of aliphatic hydroxyl groups is 1. The number of carboxylic acids is 1. The first kappa shape index (κ1) is 21.4. The number of ether oxygens (including phenoxy) is 2. The van der Waals surface area contributed by atoms with E-state index in [0.717, 1.165) is 29.5 Å². The molecule has 1 heterocycles. The molecule has 1 unspecified atom stereocenters. The number of hydrogen-bond acceptors (Lipinski definition) is 6. The first-order valence-electron chi connectivity index (χ1n) is 8.19. The maximum Gasteiger partial charge on any atom is 0.573 e. The first-order chi connectivity index (χ1) is 14.1. The van der Waals surface area contributed by atoms with Gasteiger partial charge < -0.3 is 19.7 Å². The van der Waals surface area contributed by atoms with Crippen LogP contribution >= 0.6 is 11.6 Å². The molecule has 30 heavy (non-hydrogen) atoms. The molecule has 0 spiro atoms. The minimum absolute atomic E-state index is 0.0891. The highest BCUT2D eigenvalue weighted by Crippen LogP contribution is 2.38. The van der Waals surface area contributed by atoms with E-state index < -0.39 is 35.8 Å². The van der Waals surface area contributed by atoms with Crippen LogP contribution in [0.2, 0.25) is 5.02 Å². The van der Waals surface area contributed by atoms with Gasteiger partial charge >= 0.3 is 12.3 Å². The molecule has 1 atom stereocenters. The third-order valence-corrected chi connectivity index (χ3v) is 4.14. The van der Waals surface area contributed by atoms with Gasteiger partial charge in [-0.15, -0.1) is 13.2 Å². The van der Waals surface area contributed by atoms with E-state index in [1.807, 2.05) is 0 Å². The van der Waals surface area contributed by atoms with E-state index in [2.05, 4.69) is 14.8 Å². The third kappa shape index (κ3) is 4.99. The molecular formula is C18H13ClF3N3O5. The number of nitrogens with zero attached hydrogens (tertiary/aromatic N) is 3. The van der Waals surface area contributed by atoms with Gasteiger partial charge in [-0.1, -0.05) is 11.6 Å². The summed E-state index contributed by atoms with van der Waals surface area (Å²) in [4.78, 5) is 15.4. The van der Waals surface area contributed by atoms with E-state index in [-0.39, 0.29) is 11.5 Å². The summed E-state index contributed by atoms with van der Waals surface area (Å²) >= 11 is 5.78. The Morgan fingerprint density at radius 2 is 1.80 bits per heavy atom. The topological polar surface area (TPSA) is 107 Å². The lowest BCUT2D eigenvalue weighted by Crippen LogP contribution is -2.41. The van der Waals surface area contributed by atoms with Gasteiger partial charge in [0.15, 0.2) is 0 Å². The Balaban J connectivity index is 2.03. The van der Waals surface area contributed by atoms with Crippen LogP contribution in [0.25, 0.3) is 0 Å². The van der Waals surface area contributed by atoms with Crippen molar-refractivity contribution in [2.24, 2.45) is 0 Å². The van der Waals surface area contributed by atoms with Gasteiger partial charge in [0.05, 0.1) is 6.54 Å². The van der Waals surface area contributed by atoms with Gasteiger partial charge in [-0.2, -0.15) is 5.10 Å². The number of aromatic nitrogens is 3. The highest BCUT2D eigenvalue weighted by Gasteiger charge is 2.44. The first-order valence-corrected chi connectivity index (χ1v) is 8.56. The number of aliphatic carboxylic acids is 1. The Bertz CT molecular complexity index is 1030. The van der Waals surface area contributed by atoms with Crippen molar-refractivity contribution in [3.05, 3.63) is 65.7 Å². The van der Waals surface area contributed by atoms with Crippen molar-refractivity contribution < 1.29 is 37.7 Å². The van der Waals surface area contributed by atoms with Crippen LogP contribution in [0.3, 0.4) is 0 Å². The fourth-order valence-electron chi connectivity index (χ4n) is 2.57. The van der Waals surface area contributed by atoms with Gasteiger partial charge in [0.2, 0.25) is 5.60 Å². The average Bonchev–Trinajstić information content (AvgIpc) is 3.15. The number of benzene rings is 2. The third-order valence-electron chi connectivity index (χ3n) is 3.88. The Kier molecular flexibility index (Phi) is 5.85. The molecule has 158 valence electrons. The van der Waals surface area contributed by atoms with Crippen LogP contribution in [-0.4, -0.2) is 37.3 Å². The average molecular weight is 444 g/mol. The normalized spacial score (nSPS) is 13.5. The molecule has 2 N–H and O–H groups in total. The lowest BCUT2D eigenvalue weighted by Gasteiger charge is -2.26. The molecule has 3 aromatic rings. The molecule has 0 aliphatic heterocycles. The monoisotopic (exact) mass is 443 g/mol.